The van der Waals surface area contributed by atoms with Gasteiger partial charge in [0.2, 0.25) is 5.91 Å². The molecule has 2 heterocycles. The topological polar surface area (TPSA) is 73.8 Å². The number of ether oxygens (including phenoxy) is 1. The van der Waals surface area contributed by atoms with E-state index in [0.717, 1.165) is 32.5 Å². The van der Waals surface area contributed by atoms with Crippen molar-refractivity contribution in [3.63, 3.8) is 0 Å². The van der Waals surface area contributed by atoms with Crippen molar-refractivity contribution >= 4 is 5.91 Å². The molecular weight excluding hydrogens is 306 g/mol. The average molecular weight is 339 g/mol. The van der Waals surface area contributed by atoms with Gasteiger partial charge >= 0.3 is 0 Å². The van der Waals surface area contributed by atoms with E-state index in [1.165, 1.54) is 19.3 Å². The van der Waals surface area contributed by atoms with Gasteiger partial charge in [0.15, 0.2) is 0 Å². The van der Waals surface area contributed by atoms with Gasteiger partial charge in [-0.15, -0.1) is 0 Å². The van der Waals surface area contributed by atoms with Gasteiger partial charge in [-0.1, -0.05) is 19.3 Å². The Balaban J connectivity index is 1.64. The van der Waals surface area contributed by atoms with Crippen molar-refractivity contribution in [3.8, 4) is 0 Å². The highest BCUT2D eigenvalue weighted by molar-refractivity contribution is 5.82. The normalized spacial score (nSPS) is 33.3. The number of carbonyl (C=O) groups is 1. The Labute approximate surface area is 145 Å². The third-order valence-electron chi connectivity index (χ3n) is 5.90. The third kappa shape index (κ3) is 4.10. The summed E-state index contributed by atoms with van der Waals surface area (Å²) >= 11 is 0. The van der Waals surface area contributed by atoms with Crippen molar-refractivity contribution in [2.45, 2.75) is 75.7 Å². The van der Waals surface area contributed by atoms with Crippen LogP contribution in [0, 0.1) is 0 Å². The van der Waals surface area contributed by atoms with Gasteiger partial charge in [0, 0.05) is 31.7 Å². The molecule has 0 aromatic rings. The number of amides is 1. The smallest absolute Gasteiger partial charge is 0.237 e. The SMILES string of the molecule is CC1(C)CN(C2(CNC(=O)C3CC(O)CN3)CCCCC2)CCO1. The molecule has 3 fully saturated rings. The van der Waals surface area contributed by atoms with Crippen LogP contribution in [-0.2, 0) is 9.53 Å². The van der Waals surface area contributed by atoms with Crippen molar-refractivity contribution in [3.05, 3.63) is 0 Å². The minimum atomic E-state index is -0.399. The Kier molecular flexibility index (Phi) is 5.49. The fraction of sp³-hybridized carbons (Fsp3) is 0.944. The molecule has 6 heteroatoms. The van der Waals surface area contributed by atoms with Gasteiger partial charge in [0.25, 0.3) is 0 Å². The van der Waals surface area contributed by atoms with Gasteiger partial charge in [0.1, 0.15) is 0 Å². The molecule has 0 aromatic carbocycles. The van der Waals surface area contributed by atoms with Crippen molar-refractivity contribution in [2.75, 3.05) is 32.8 Å². The molecule has 0 spiro atoms. The summed E-state index contributed by atoms with van der Waals surface area (Å²) in [5.74, 6) is 0.0315. The van der Waals surface area contributed by atoms with Crippen molar-refractivity contribution in [1.82, 2.24) is 15.5 Å². The summed E-state index contributed by atoms with van der Waals surface area (Å²) in [5.41, 5.74) is -0.0595. The van der Waals surface area contributed by atoms with Crippen LogP contribution in [0.3, 0.4) is 0 Å². The molecule has 138 valence electrons. The molecule has 3 aliphatic rings. The molecule has 1 aliphatic carbocycles. The van der Waals surface area contributed by atoms with Crippen LogP contribution in [0.15, 0.2) is 0 Å². The first-order chi connectivity index (χ1) is 11.4. The van der Waals surface area contributed by atoms with Gasteiger partial charge in [-0.25, -0.2) is 0 Å². The summed E-state index contributed by atoms with van der Waals surface area (Å²) < 4.78 is 5.88. The first kappa shape index (κ1) is 18.1. The van der Waals surface area contributed by atoms with Crippen LogP contribution in [0.25, 0.3) is 0 Å². The lowest BCUT2D eigenvalue weighted by Gasteiger charge is -2.51. The molecular formula is C18H33N3O3. The van der Waals surface area contributed by atoms with Gasteiger partial charge in [-0.05, 0) is 33.1 Å². The van der Waals surface area contributed by atoms with Crippen LogP contribution in [0.1, 0.15) is 52.4 Å². The van der Waals surface area contributed by atoms with Crippen molar-refractivity contribution in [1.29, 1.82) is 0 Å². The highest BCUT2D eigenvalue weighted by atomic mass is 16.5. The van der Waals surface area contributed by atoms with Gasteiger partial charge in [-0.3, -0.25) is 9.69 Å². The summed E-state index contributed by atoms with van der Waals surface area (Å²) in [7, 11) is 0. The molecule has 0 bridgehead atoms. The van der Waals surface area contributed by atoms with E-state index in [1.54, 1.807) is 0 Å². The predicted octanol–water partition coefficient (Wildman–Crippen LogP) is 0.639. The fourth-order valence-electron chi connectivity index (χ4n) is 4.53. The van der Waals surface area contributed by atoms with Crippen LogP contribution in [0.4, 0.5) is 0 Å². The van der Waals surface area contributed by atoms with Gasteiger partial charge in [-0.2, -0.15) is 0 Å². The lowest BCUT2D eigenvalue weighted by Crippen LogP contribution is -2.63. The van der Waals surface area contributed by atoms with Crippen molar-refractivity contribution < 1.29 is 14.6 Å². The number of nitrogens with one attached hydrogen (secondary N) is 2. The van der Waals surface area contributed by atoms with E-state index in [0.29, 0.717) is 19.5 Å². The standard InChI is InChI=1S/C18H33N3O3/c1-17(2)13-21(8-9-24-17)18(6-4-3-5-7-18)12-20-16(23)15-10-14(22)11-19-15/h14-15,19,22H,3-13H2,1-2H3,(H,20,23). The number of aliphatic hydroxyl groups is 1. The van der Waals surface area contributed by atoms with Gasteiger partial charge in [0.05, 0.1) is 24.4 Å². The Bertz CT molecular complexity index is 449. The summed E-state index contributed by atoms with van der Waals surface area (Å²) in [6.07, 6.45) is 6.16. The quantitative estimate of drug-likeness (QED) is 0.701. The maximum atomic E-state index is 12.5. The first-order valence-corrected chi connectivity index (χ1v) is 9.48. The molecule has 2 saturated heterocycles. The summed E-state index contributed by atoms with van der Waals surface area (Å²) in [6.45, 7) is 8.15. The first-order valence-electron chi connectivity index (χ1n) is 9.48. The molecule has 6 nitrogen and oxygen atoms in total. The predicted molar refractivity (Wildman–Crippen MR) is 92.8 cm³/mol. The molecule has 2 atom stereocenters. The van der Waals surface area contributed by atoms with E-state index in [9.17, 15) is 9.90 Å². The number of aliphatic hydroxyl groups excluding tert-OH is 1. The van der Waals surface area contributed by atoms with Crippen LogP contribution in [0.5, 0.6) is 0 Å². The Morgan fingerprint density at radius 3 is 2.71 bits per heavy atom. The summed E-state index contributed by atoms with van der Waals surface area (Å²) in [6, 6.07) is -0.248. The largest absolute Gasteiger partial charge is 0.392 e. The number of nitrogens with zero attached hydrogens (tertiary/aromatic N) is 1. The number of morpholine rings is 1. The number of β-amino-alcohol motifs (C(OH)–C–C–N with tert-alkyl or cyclic N) is 1. The second-order valence-corrected chi connectivity index (χ2v) is 8.38. The minimum Gasteiger partial charge on any atom is -0.392 e. The maximum Gasteiger partial charge on any atom is 0.237 e. The molecule has 1 saturated carbocycles. The molecule has 3 N–H and O–H groups in total. The van der Waals surface area contributed by atoms with Crippen molar-refractivity contribution in [2.24, 2.45) is 0 Å². The van der Waals surface area contributed by atoms with E-state index >= 15 is 0 Å². The molecule has 0 aromatic heterocycles. The van der Waals surface area contributed by atoms with Crippen LogP contribution in [-0.4, -0.2) is 72.0 Å². The molecule has 2 unspecified atom stereocenters. The van der Waals surface area contributed by atoms with E-state index in [-0.39, 0.29) is 23.1 Å². The lowest BCUT2D eigenvalue weighted by atomic mass is 9.79. The second kappa shape index (κ2) is 7.28. The van der Waals surface area contributed by atoms with E-state index in [1.807, 2.05) is 0 Å². The van der Waals surface area contributed by atoms with E-state index < -0.39 is 6.10 Å². The van der Waals surface area contributed by atoms with Crippen LogP contribution < -0.4 is 10.6 Å². The number of hydrogen-bond donors (Lipinski definition) is 3. The average Bonchev–Trinajstić information content (AvgIpc) is 2.99. The van der Waals surface area contributed by atoms with Crippen LogP contribution >= 0.6 is 0 Å². The molecule has 24 heavy (non-hydrogen) atoms. The Hall–Kier alpha value is -0.690. The Morgan fingerprint density at radius 1 is 1.33 bits per heavy atom. The number of hydrogen-bond acceptors (Lipinski definition) is 5. The summed E-state index contributed by atoms with van der Waals surface area (Å²) in [5, 5.41) is 15.9. The zero-order valence-electron chi connectivity index (χ0n) is 15.1. The number of carbonyl (C=O) groups excluding carboxylic acids is 1. The molecule has 1 amide bonds. The number of rotatable bonds is 4. The van der Waals surface area contributed by atoms with E-state index in [2.05, 4.69) is 29.4 Å². The fourth-order valence-corrected chi connectivity index (χ4v) is 4.53. The minimum absolute atomic E-state index is 0.0315. The zero-order chi connectivity index (χ0) is 17.2. The molecule has 0 radical (unpaired) electrons. The third-order valence-corrected chi connectivity index (χ3v) is 5.90. The molecule has 3 rings (SSSR count). The monoisotopic (exact) mass is 339 g/mol. The lowest BCUT2D eigenvalue weighted by molar-refractivity contribution is -0.130. The Morgan fingerprint density at radius 2 is 2.08 bits per heavy atom. The zero-order valence-corrected chi connectivity index (χ0v) is 15.1. The molecule has 2 aliphatic heterocycles. The maximum absolute atomic E-state index is 12.5. The van der Waals surface area contributed by atoms with Gasteiger partial charge < -0.3 is 20.5 Å². The van der Waals surface area contributed by atoms with Crippen LogP contribution in [0.2, 0.25) is 0 Å². The highest BCUT2D eigenvalue weighted by Gasteiger charge is 2.43. The van der Waals surface area contributed by atoms with E-state index in [4.69, 9.17) is 4.74 Å². The second-order valence-electron chi connectivity index (χ2n) is 8.38. The summed E-state index contributed by atoms with van der Waals surface area (Å²) in [4.78, 5) is 15.0. The highest BCUT2D eigenvalue weighted by Crippen LogP contribution is 2.36.